The van der Waals surface area contributed by atoms with Crippen LogP contribution in [0.1, 0.15) is 26.7 Å². The van der Waals surface area contributed by atoms with E-state index in [9.17, 15) is 0 Å². The summed E-state index contributed by atoms with van der Waals surface area (Å²) in [4.78, 5) is 0. The van der Waals surface area contributed by atoms with E-state index in [0.29, 0.717) is 6.10 Å². The van der Waals surface area contributed by atoms with Gasteiger partial charge in [-0.05, 0) is 26.4 Å². The molecule has 0 aromatic rings. The SMILES string of the molecule is C=C(C)C(CCC)O[SiH](C)C. The van der Waals surface area contributed by atoms with Gasteiger partial charge in [-0.1, -0.05) is 25.5 Å². The molecule has 1 unspecified atom stereocenters. The smallest absolute Gasteiger partial charge is 0.171 e. The van der Waals surface area contributed by atoms with Crippen molar-refractivity contribution in [1.82, 2.24) is 0 Å². The third kappa shape index (κ3) is 5.22. The van der Waals surface area contributed by atoms with Crippen LogP contribution < -0.4 is 0 Å². The van der Waals surface area contributed by atoms with Gasteiger partial charge in [-0.3, -0.25) is 0 Å². The third-order valence-electron chi connectivity index (χ3n) is 1.54. The molecule has 11 heavy (non-hydrogen) atoms. The highest BCUT2D eigenvalue weighted by molar-refractivity contribution is 6.48. The van der Waals surface area contributed by atoms with Crippen molar-refractivity contribution in [1.29, 1.82) is 0 Å². The normalized spacial score (nSPS) is 13.5. The Balaban J connectivity index is 3.79. The monoisotopic (exact) mass is 172 g/mol. The van der Waals surface area contributed by atoms with E-state index in [0.717, 1.165) is 6.42 Å². The zero-order chi connectivity index (χ0) is 8.85. The average Bonchev–Trinajstić information content (AvgIpc) is 1.86. The molecule has 66 valence electrons. The minimum Gasteiger partial charge on any atom is -0.414 e. The van der Waals surface area contributed by atoms with Gasteiger partial charge in [0.1, 0.15) is 0 Å². The molecule has 1 nitrogen and oxygen atoms in total. The summed E-state index contributed by atoms with van der Waals surface area (Å²) in [6.07, 6.45) is 2.63. The Kier molecular flexibility index (Phi) is 5.51. The Labute approximate surface area is 72.2 Å². The van der Waals surface area contributed by atoms with Crippen LogP contribution in [0.25, 0.3) is 0 Å². The molecule has 0 aliphatic heterocycles. The maximum absolute atomic E-state index is 5.79. The van der Waals surface area contributed by atoms with Crippen LogP contribution in [-0.4, -0.2) is 15.1 Å². The van der Waals surface area contributed by atoms with Crippen LogP contribution in [0.4, 0.5) is 0 Å². The van der Waals surface area contributed by atoms with Crippen LogP contribution in [0.3, 0.4) is 0 Å². The Morgan fingerprint density at radius 2 is 2.09 bits per heavy atom. The molecule has 0 spiro atoms. The second kappa shape index (κ2) is 5.55. The molecule has 0 fully saturated rings. The molecule has 0 N–H and O–H groups in total. The molecule has 0 rings (SSSR count). The quantitative estimate of drug-likeness (QED) is 0.458. The van der Waals surface area contributed by atoms with Crippen LogP contribution in [0, 0.1) is 0 Å². The molecule has 0 aromatic heterocycles. The van der Waals surface area contributed by atoms with Gasteiger partial charge in [0.05, 0.1) is 6.10 Å². The highest BCUT2D eigenvalue weighted by atomic mass is 28.3. The minimum absolute atomic E-state index is 0.326. The third-order valence-corrected chi connectivity index (χ3v) is 2.41. The van der Waals surface area contributed by atoms with E-state index in [-0.39, 0.29) is 0 Å². The second-order valence-electron chi connectivity index (χ2n) is 3.31. The summed E-state index contributed by atoms with van der Waals surface area (Å²) >= 11 is 0. The maximum Gasteiger partial charge on any atom is 0.171 e. The van der Waals surface area contributed by atoms with Crippen molar-refractivity contribution in [2.75, 3.05) is 0 Å². The number of hydrogen-bond donors (Lipinski definition) is 0. The van der Waals surface area contributed by atoms with E-state index in [1.54, 1.807) is 0 Å². The molecule has 0 bridgehead atoms. The summed E-state index contributed by atoms with van der Waals surface area (Å²) in [5, 5.41) is 0. The number of hydrogen-bond acceptors (Lipinski definition) is 1. The molecule has 0 aliphatic rings. The molecule has 0 aromatic carbocycles. The largest absolute Gasteiger partial charge is 0.414 e. The summed E-state index contributed by atoms with van der Waals surface area (Å²) in [6, 6.07) is 0. The molecular formula is C9H20OSi. The first kappa shape index (κ1) is 10.9. The Morgan fingerprint density at radius 3 is 2.36 bits per heavy atom. The van der Waals surface area contributed by atoms with Gasteiger partial charge in [-0.2, -0.15) is 0 Å². The van der Waals surface area contributed by atoms with Crippen LogP contribution in [0.2, 0.25) is 13.1 Å². The van der Waals surface area contributed by atoms with Gasteiger partial charge < -0.3 is 4.43 Å². The Hall–Kier alpha value is -0.0831. The lowest BCUT2D eigenvalue weighted by Crippen LogP contribution is -2.21. The van der Waals surface area contributed by atoms with Crippen molar-refractivity contribution < 1.29 is 4.43 Å². The Bertz CT molecular complexity index is 121. The predicted octanol–water partition coefficient (Wildman–Crippen LogP) is 2.73. The van der Waals surface area contributed by atoms with E-state index < -0.39 is 9.04 Å². The highest BCUT2D eigenvalue weighted by Gasteiger charge is 2.10. The minimum atomic E-state index is -0.877. The zero-order valence-corrected chi connectivity index (χ0v) is 9.34. The molecule has 2 heteroatoms. The first-order chi connectivity index (χ1) is 5.07. The first-order valence-corrected chi connectivity index (χ1v) is 7.16. The van der Waals surface area contributed by atoms with Crippen LogP contribution in [0.5, 0.6) is 0 Å². The summed E-state index contributed by atoms with van der Waals surface area (Å²) in [7, 11) is -0.877. The van der Waals surface area contributed by atoms with E-state index in [4.69, 9.17) is 4.43 Å². The van der Waals surface area contributed by atoms with Gasteiger partial charge in [0.25, 0.3) is 0 Å². The van der Waals surface area contributed by atoms with Crippen LogP contribution in [0.15, 0.2) is 12.2 Å². The van der Waals surface area contributed by atoms with Crippen molar-refractivity contribution in [3.8, 4) is 0 Å². The fourth-order valence-electron chi connectivity index (χ4n) is 1.02. The van der Waals surface area contributed by atoms with E-state index in [1.807, 2.05) is 0 Å². The summed E-state index contributed by atoms with van der Waals surface area (Å²) in [5.74, 6) is 0. The molecule has 0 aliphatic carbocycles. The van der Waals surface area contributed by atoms with Crippen LogP contribution in [-0.2, 0) is 4.43 Å². The first-order valence-electron chi connectivity index (χ1n) is 4.38. The molecule has 0 amide bonds. The predicted molar refractivity (Wildman–Crippen MR) is 53.5 cm³/mol. The molecule has 1 atom stereocenters. The Morgan fingerprint density at radius 1 is 1.55 bits per heavy atom. The van der Waals surface area contributed by atoms with Gasteiger partial charge in [0, 0.05) is 0 Å². The molecule has 0 saturated heterocycles. The summed E-state index contributed by atoms with van der Waals surface area (Å²) in [6.45, 7) is 12.6. The molecule has 0 saturated carbocycles. The van der Waals surface area contributed by atoms with Gasteiger partial charge in [0.15, 0.2) is 9.04 Å². The van der Waals surface area contributed by atoms with Gasteiger partial charge in [-0.15, -0.1) is 0 Å². The van der Waals surface area contributed by atoms with Crippen molar-refractivity contribution >= 4 is 9.04 Å². The number of rotatable bonds is 5. The van der Waals surface area contributed by atoms with Crippen molar-refractivity contribution in [2.45, 2.75) is 45.9 Å². The molecule has 0 radical (unpaired) electrons. The average molecular weight is 172 g/mol. The summed E-state index contributed by atoms with van der Waals surface area (Å²) < 4.78 is 5.79. The van der Waals surface area contributed by atoms with E-state index in [1.165, 1.54) is 12.0 Å². The highest BCUT2D eigenvalue weighted by Crippen LogP contribution is 2.11. The fraction of sp³-hybridized carbons (Fsp3) is 0.778. The fourth-order valence-corrected chi connectivity index (χ4v) is 2.05. The van der Waals surface area contributed by atoms with Crippen molar-refractivity contribution in [3.05, 3.63) is 12.2 Å². The van der Waals surface area contributed by atoms with Gasteiger partial charge in [-0.25, -0.2) is 0 Å². The van der Waals surface area contributed by atoms with E-state index >= 15 is 0 Å². The summed E-state index contributed by atoms with van der Waals surface area (Å²) in [5.41, 5.74) is 1.17. The van der Waals surface area contributed by atoms with Crippen molar-refractivity contribution in [3.63, 3.8) is 0 Å². The van der Waals surface area contributed by atoms with E-state index in [2.05, 4.69) is 33.5 Å². The lowest BCUT2D eigenvalue weighted by Gasteiger charge is -2.19. The molecular weight excluding hydrogens is 152 g/mol. The topological polar surface area (TPSA) is 9.23 Å². The lowest BCUT2D eigenvalue weighted by molar-refractivity contribution is 0.230. The molecule has 0 heterocycles. The lowest BCUT2D eigenvalue weighted by atomic mass is 10.1. The van der Waals surface area contributed by atoms with Gasteiger partial charge in [0.2, 0.25) is 0 Å². The second-order valence-corrected chi connectivity index (χ2v) is 5.68. The maximum atomic E-state index is 5.79. The zero-order valence-electron chi connectivity index (χ0n) is 8.18. The standard InChI is InChI=1S/C9H20OSi/c1-6-7-9(8(2)3)10-11(4)5/h9,11H,2,6-7H2,1,3-5H3. The van der Waals surface area contributed by atoms with Crippen molar-refractivity contribution in [2.24, 2.45) is 0 Å². The van der Waals surface area contributed by atoms with Crippen LogP contribution >= 0.6 is 0 Å². The van der Waals surface area contributed by atoms with Gasteiger partial charge >= 0.3 is 0 Å².